The number of anilines is 1. The van der Waals surface area contributed by atoms with E-state index in [-0.39, 0.29) is 0 Å². The first-order valence-electron chi connectivity index (χ1n) is 7.39. The van der Waals surface area contributed by atoms with Gasteiger partial charge >= 0.3 is 0 Å². The molecule has 0 amide bonds. The predicted molar refractivity (Wildman–Crippen MR) is 84.8 cm³/mol. The van der Waals surface area contributed by atoms with E-state index in [2.05, 4.69) is 42.7 Å². The van der Waals surface area contributed by atoms with Crippen molar-refractivity contribution in [1.82, 2.24) is 14.9 Å². The highest BCUT2D eigenvalue weighted by Gasteiger charge is 2.29. The van der Waals surface area contributed by atoms with E-state index >= 15 is 0 Å². The van der Waals surface area contributed by atoms with Crippen LogP contribution >= 0.6 is 11.6 Å². The quantitative estimate of drug-likeness (QED) is 0.755. The van der Waals surface area contributed by atoms with Crippen LogP contribution < -0.4 is 4.90 Å². The molecule has 1 aromatic heterocycles. The van der Waals surface area contributed by atoms with E-state index in [1.165, 1.54) is 12.8 Å². The molecule has 0 bridgehead atoms. The van der Waals surface area contributed by atoms with Crippen molar-refractivity contribution in [3.05, 3.63) is 16.5 Å². The fourth-order valence-electron chi connectivity index (χ4n) is 2.59. The standard InChI is InChI=1S/C15H25ClN4/c1-6-20(10(2)9-19(4)5)15-11(3)13(16)17-14(18-15)12-7-8-12/h10,12H,6-9H2,1-5H3. The Morgan fingerprint density at radius 1 is 1.30 bits per heavy atom. The lowest BCUT2D eigenvalue weighted by atomic mass is 10.2. The van der Waals surface area contributed by atoms with Gasteiger partial charge in [-0.25, -0.2) is 9.97 Å². The van der Waals surface area contributed by atoms with E-state index in [0.717, 1.165) is 30.3 Å². The maximum absolute atomic E-state index is 6.31. The summed E-state index contributed by atoms with van der Waals surface area (Å²) in [7, 11) is 4.19. The van der Waals surface area contributed by atoms with E-state index in [4.69, 9.17) is 16.6 Å². The van der Waals surface area contributed by atoms with Crippen LogP contribution in [0.3, 0.4) is 0 Å². The first kappa shape index (κ1) is 15.5. The van der Waals surface area contributed by atoms with Crippen molar-refractivity contribution < 1.29 is 0 Å². The normalized spacial score (nSPS) is 16.6. The molecule has 0 N–H and O–H groups in total. The smallest absolute Gasteiger partial charge is 0.137 e. The van der Waals surface area contributed by atoms with Gasteiger partial charge in [0.2, 0.25) is 0 Å². The molecule has 1 atom stereocenters. The van der Waals surface area contributed by atoms with Gasteiger partial charge in [0, 0.05) is 30.6 Å². The average molecular weight is 297 g/mol. The molecule has 0 aromatic carbocycles. The lowest BCUT2D eigenvalue weighted by Crippen LogP contribution is -2.41. The van der Waals surface area contributed by atoms with Gasteiger partial charge < -0.3 is 9.80 Å². The van der Waals surface area contributed by atoms with Crippen molar-refractivity contribution >= 4 is 17.4 Å². The van der Waals surface area contributed by atoms with Crippen LogP contribution in [0.4, 0.5) is 5.82 Å². The fourth-order valence-corrected chi connectivity index (χ4v) is 2.77. The molecule has 0 saturated heterocycles. The van der Waals surface area contributed by atoms with Crippen molar-refractivity contribution in [2.75, 3.05) is 32.1 Å². The number of hydrogen-bond acceptors (Lipinski definition) is 4. The van der Waals surface area contributed by atoms with Gasteiger partial charge in [-0.3, -0.25) is 0 Å². The Morgan fingerprint density at radius 2 is 1.95 bits per heavy atom. The molecular formula is C15H25ClN4. The molecule has 5 heteroatoms. The number of rotatable bonds is 6. The van der Waals surface area contributed by atoms with Crippen molar-refractivity contribution in [1.29, 1.82) is 0 Å². The summed E-state index contributed by atoms with van der Waals surface area (Å²) in [6, 6.07) is 0.395. The van der Waals surface area contributed by atoms with Crippen molar-refractivity contribution in [3.8, 4) is 0 Å². The van der Waals surface area contributed by atoms with Crippen molar-refractivity contribution in [2.24, 2.45) is 0 Å². The summed E-state index contributed by atoms with van der Waals surface area (Å²) >= 11 is 6.31. The van der Waals surface area contributed by atoms with Crippen LogP contribution in [0.1, 0.15) is 44.0 Å². The molecule has 1 aliphatic rings. The minimum atomic E-state index is 0.395. The molecule has 0 radical (unpaired) electrons. The molecule has 1 fully saturated rings. The number of aromatic nitrogens is 2. The Bertz CT molecular complexity index is 471. The molecule has 4 nitrogen and oxygen atoms in total. The Balaban J connectivity index is 2.32. The highest BCUT2D eigenvalue weighted by molar-refractivity contribution is 6.30. The van der Waals surface area contributed by atoms with Crippen LogP contribution in [0.5, 0.6) is 0 Å². The molecule has 20 heavy (non-hydrogen) atoms. The van der Waals surface area contributed by atoms with Gasteiger partial charge in [-0.15, -0.1) is 0 Å². The lowest BCUT2D eigenvalue weighted by molar-refractivity contribution is 0.372. The van der Waals surface area contributed by atoms with Crippen molar-refractivity contribution in [2.45, 2.75) is 45.6 Å². The third-order valence-corrected chi connectivity index (χ3v) is 4.16. The molecule has 2 rings (SSSR count). The summed E-state index contributed by atoms with van der Waals surface area (Å²) in [5.41, 5.74) is 0.989. The van der Waals surface area contributed by atoms with E-state index in [1.807, 2.05) is 6.92 Å². The van der Waals surface area contributed by atoms with Crippen LogP contribution in [0.15, 0.2) is 0 Å². The minimum Gasteiger partial charge on any atom is -0.353 e. The van der Waals surface area contributed by atoms with Crippen LogP contribution in [-0.4, -0.2) is 48.1 Å². The third kappa shape index (κ3) is 3.41. The largest absolute Gasteiger partial charge is 0.353 e. The molecule has 1 heterocycles. The average Bonchev–Trinajstić information content (AvgIpc) is 3.18. The van der Waals surface area contributed by atoms with E-state index < -0.39 is 0 Å². The summed E-state index contributed by atoms with van der Waals surface area (Å²) in [6.45, 7) is 8.33. The van der Waals surface area contributed by atoms with Crippen LogP contribution in [-0.2, 0) is 0 Å². The second kappa shape index (κ2) is 6.27. The molecule has 1 aliphatic carbocycles. The van der Waals surface area contributed by atoms with Gasteiger partial charge in [0.15, 0.2) is 0 Å². The SMILES string of the molecule is CCN(c1nc(C2CC2)nc(Cl)c1C)C(C)CN(C)C. The fraction of sp³-hybridized carbons (Fsp3) is 0.733. The first-order chi connectivity index (χ1) is 9.43. The van der Waals surface area contributed by atoms with Crippen LogP contribution in [0.2, 0.25) is 5.15 Å². The van der Waals surface area contributed by atoms with Crippen LogP contribution in [0, 0.1) is 6.92 Å². The first-order valence-corrected chi connectivity index (χ1v) is 7.77. The number of halogens is 1. The summed E-state index contributed by atoms with van der Waals surface area (Å²) in [6.07, 6.45) is 2.39. The second-order valence-electron chi connectivity index (χ2n) is 5.99. The highest BCUT2D eigenvalue weighted by Crippen LogP contribution is 2.40. The minimum absolute atomic E-state index is 0.395. The maximum atomic E-state index is 6.31. The monoisotopic (exact) mass is 296 g/mol. The van der Waals surface area contributed by atoms with E-state index in [9.17, 15) is 0 Å². The second-order valence-corrected chi connectivity index (χ2v) is 6.35. The number of likely N-dealkylation sites (N-methyl/N-ethyl adjacent to an activating group) is 2. The molecule has 112 valence electrons. The number of hydrogen-bond donors (Lipinski definition) is 0. The van der Waals surface area contributed by atoms with E-state index in [0.29, 0.717) is 17.1 Å². The summed E-state index contributed by atoms with van der Waals surface area (Å²) in [5.74, 6) is 2.45. The Kier molecular flexibility index (Phi) is 4.86. The van der Waals surface area contributed by atoms with Gasteiger partial charge in [-0.05, 0) is 47.7 Å². The maximum Gasteiger partial charge on any atom is 0.137 e. The van der Waals surface area contributed by atoms with Crippen LogP contribution in [0.25, 0.3) is 0 Å². The Morgan fingerprint density at radius 3 is 2.45 bits per heavy atom. The van der Waals surface area contributed by atoms with Gasteiger partial charge in [-0.1, -0.05) is 11.6 Å². The van der Waals surface area contributed by atoms with Crippen molar-refractivity contribution in [3.63, 3.8) is 0 Å². The zero-order chi connectivity index (χ0) is 14.9. The molecule has 1 unspecified atom stereocenters. The summed E-state index contributed by atoms with van der Waals surface area (Å²) in [4.78, 5) is 13.8. The molecule has 0 spiro atoms. The predicted octanol–water partition coefficient (Wildman–Crippen LogP) is 3.09. The zero-order valence-electron chi connectivity index (χ0n) is 13.1. The lowest BCUT2D eigenvalue weighted by Gasteiger charge is -2.32. The molecule has 0 aliphatic heterocycles. The Labute approximate surface area is 127 Å². The number of nitrogens with zero attached hydrogens (tertiary/aromatic N) is 4. The van der Waals surface area contributed by atoms with Gasteiger partial charge in [0.25, 0.3) is 0 Å². The highest BCUT2D eigenvalue weighted by atomic mass is 35.5. The molecule has 1 saturated carbocycles. The van der Waals surface area contributed by atoms with Gasteiger partial charge in [0.1, 0.15) is 16.8 Å². The van der Waals surface area contributed by atoms with E-state index in [1.54, 1.807) is 0 Å². The summed E-state index contributed by atoms with van der Waals surface area (Å²) in [5, 5.41) is 0.604. The topological polar surface area (TPSA) is 32.3 Å². The zero-order valence-corrected chi connectivity index (χ0v) is 13.9. The Hall–Kier alpha value is -0.870. The molecular weight excluding hydrogens is 272 g/mol. The summed E-state index contributed by atoms with van der Waals surface area (Å²) < 4.78 is 0. The molecule has 1 aromatic rings. The van der Waals surface area contributed by atoms with Gasteiger partial charge in [0.05, 0.1) is 0 Å². The third-order valence-electron chi connectivity index (χ3n) is 3.79. The van der Waals surface area contributed by atoms with Gasteiger partial charge in [-0.2, -0.15) is 0 Å².